The lowest BCUT2D eigenvalue weighted by molar-refractivity contribution is 0.0927. The van der Waals surface area contributed by atoms with Gasteiger partial charge in [-0.3, -0.25) is 9.59 Å². The monoisotopic (exact) mass is 401 g/mol. The summed E-state index contributed by atoms with van der Waals surface area (Å²) in [7, 11) is 0. The van der Waals surface area contributed by atoms with Gasteiger partial charge in [0.05, 0.1) is 19.3 Å². The highest BCUT2D eigenvalue weighted by molar-refractivity contribution is 5.96. The van der Waals surface area contributed by atoms with Gasteiger partial charge in [0.1, 0.15) is 0 Å². The van der Waals surface area contributed by atoms with Crippen molar-refractivity contribution in [1.82, 2.24) is 15.2 Å². The minimum absolute atomic E-state index is 0. The topological polar surface area (TPSA) is 72.4 Å². The first kappa shape index (κ1) is 19.2. The first-order valence-corrected chi connectivity index (χ1v) is 9.61. The highest BCUT2D eigenvalue weighted by atomic mass is 35.5. The third-order valence-electron chi connectivity index (χ3n) is 6.19. The van der Waals surface area contributed by atoms with E-state index in [4.69, 9.17) is 4.74 Å². The normalized spacial score (nSPS) is 24.6. The number of benzene rings is 1. The number of nitrogens with zero attached hydrogens (tertiary/aromatic N) is 1. The van der Waals surface area contributed by atoms with Crippen LogP contribution in [0.5, 0.6) is 0 Å². The summed E-state index contributed by atoms with van der Waals surface area (Å²) in [6.45, 7) is 3.30. The van der Waals surface area contributed by atoms with E-state index in [-0.39, 0.29) is 29.9 Å². The third kappa shape index (κ3) is 3.15. The Hall–Kier alpha value is -2.15. The summed E-state index contributed by atoms with van der Waals surface area (Å²) in [6, 6.07) is 11.2. The van der Waals surface area contributed by atoms with Gasteiger partial charge in [-0.1, -0.05) is 18.2 Å². The van der Waals surface area contributed by atoms with E-state index < -0.39 is 0 Å². The summed E-state index contributed by atoms with van der Waals surface area (Å²) in [5.41, 5.74) is 3.86. The maximum absolute atomic E-state index is 12.8. The largest absolute Gasteiger partial charge is 0.372 e. The quantitative estimate of drug-likeness (QED) is 0.824. The van der Waals surface area contributed by atoms with E-state index in [0.717, 1.165) is 36.3 Å². The zero-order valence-corrected chi connectivity index (χ0v) is 16.3. The van der Waals surface area contributed by atoms with Crippen LogP contribution in [0.1, 0.15) is 45.6 Å². The Bertz CT molecular complexity index is 958. The predicted octanol–water partition coefficient (Wildman–Crippen LogP) is 1.98. The van der Waals surface area contributed by atoms with Crippen molar-refractivity contribution in [3.63, 3.8) is 0 Å². The Morgan fingerprint density at radius 2 is 2.04 bits per heavy atom. The number of carbonyl (C=O) groups is 1. The van der Waals surface area contributed by atoms with E-state index in [2.05, 4.69) is 10.6 Å². The number of rotatable bonds is 3. The molecule has 6 nitrogen and oxygen atoms in total. The average molecular weight is 402 g/mol. The molecule has 4 heterocycles. The fourth-order valence-electron chi connectivity index (χ4n) is 4.88. The Morgan fingerprint density at radius 1 is 1.18 bits per heavy atom. The van der Waals surface area contributed by atoms with Gasteiger partial charge in [0.2, 0.25) is 0 Å². The third-order valence-corrected chi connectivity index (χ3v) is 6.19. The molecule has 1 aromatic carbocycles. The van der Waals surface area contributed by atoms with Crippen molar-refractivity contribution in [2.45, 2.75) is 31.6 Å². The van der Waals surface area contributed by atoms with Gasteiger partial charge < -0.3 is 19.9 Å². The molecule has 1 saturated heterocycles. The summed E-state index contributed by atoms with van der Waals surface area (Å²) in [4.78, 5) is 25.4. The molecule has 2 aromatic rings. The molecule has 3 aliphatic heterocycles. The summed E-state index contributed by atoms with van der Waals surface area (Å²) in [5, 5.41) is 6.57. The molecule has 0 radical (unpaired) electrons. The van der Waals surface area contributed by atoms with Crippen LogP contribution < -0.4 is 16.2 Å². The molecular formula is C21H24ClN3O3. The summed E-state index contributed by atoms with van der Waals surface area (Å²) >= 11 is 0. The van der Waals surface area contributed by atoms with Crippen LogP contribution in [0.4, 0.5) is 0 Å². The van der Waals surface area contributed by atoms with Gasteiger partial charge in [0.25, 0.3) is 11.5 Å². The lowest BCUT2D eigenvalue weighted by Crippen LogP contribution is -2.50. The number of fused-ring (bicyclic) bond motifs is 5. The van der Waals surface area contributed by atoms with Gasteiger partial charge in [0.15, 0.2) is 0 Å². The van der Waals surface area contributed by atoms with E-state index in [1.807, 2.05) is 34.9 Å². The van der Waals surface area contributed by atoms with Crippen molar-refractivity contribution in [1.29, 1.82) is 0 Å². The SMILES string of the molecule is Cl.O=C(NC[C@H]1[C@@H]2CNC[C@@H](C2)c2cccc(=O)n21)c1cccc2c1COC2. The van der Waals surface area contributed by atoms with Crippen molar-refractivity contribution in [2.24, 2.45) is 5.92 Å². The number of ether oxygens (including phenoxy) is 1. The lowest BCUT2D eigenvalue weighted by atomic mass is 9.79. The minimum Gasteiger partial charge on any atom is -0.372 e. The Kier molecular flexibility index (Phi) is 5.27. The van der Waals surface area contributed by atoms with Crippen LogP contribution in [-0.2, 0) is 18.0 Å². The van der Waals surface area contributed by atoms with Gasteiger partial charge in [-0.05, 0) is 35.6 Å². The lowest BCUT2D eigenvalue weighted by Gasteiger charge is -2.43. The fraction of sp³-hybridized carbons (Fsp3) is 0.429. The molecule has 28 heavy (non-hydrogen) atoms. The van der Waals surface area contributed by atoms with Gasteiger partial charge >= 0.3 is 0 Å². The van der Waals surface area contributed by atoms with Crippen LogP contribution in [-0.4, -0.2) is 30.1 Å². The van der Waals surface area contributed by atoms with Crippen LogP contribution >= 0.6 is 12.4 Å². The molecular weight excluding hydrogens is 378 g/mol. The van der Waals surface area contributed by atoms with Crippen molar-refractivity contribution in [3.05, 3.63) is 69.1 Å². The van der Waals surface area contributed by atoms with Gasteiger partial charge in [-0.15, -0.1) is 12.4 Å². The Balaban J connectivity index is 0.00000192. The number of aromatic nitrogens is 1. The maximum Gasteiger partial charge on any atom is 0.251 e. The highest BCUT2D eigenvalue weighted by Gasteiger charge is 2.37. The van der Waals surface area contributed by atoms with Crippen molar-refractivity contribution >= 4 is 18.3 Å². The molecule has 3 aliphatic rings. The van der Waals surface area contributed by atoms with Crippen molar-refractivity contribution < 1.29 is 9.53 Å². The van der Waals surface area contributed by atoms with Gasteiger partial charge in [-0.25, -0.2) is 0 Å². The standard InChI is InChI=1S/C21H23N3O3.ClH/c25-20-6-2-5-18-14-7-15(9-22-8-14)19(24(18)20)10-23-21(26)16-4-1-3-13-11-27-12-17(13)16;/h1-6,14-15,19,22H,7-12H2,(H,23,26);1H/t14-,15+,19+;/m1./s1. The molecule has 0 aliphatic carbocycles. The fourth-order valence-corrected chi connectivity index (χ4v) is 4.88. The summed E-state index contributed by atoms with van der Waals surface area (Å²) < 4.78 is 7.40. The molecule has 1 fully saturated rings. The molecule has 2 bridgehead atoms. The second kappa shape index (κ2) is 7.70. The first-order valence-electron chi connectivity index (χ1n) is 9.61. The predicted molar refractivity (Wildman–Crippen MR) is 108 cm³/mol. The molecule has 0 spiro atoms. The number of amides is 1. The van der Waals surface area contributed by atoms with E-state index >= 15 is 0 Å². The van der Waals surface area contributed by atoms with Crippen LogP contribution in [0.2, 0.25) is 0 Å². The zero-order chi connectivity index (χ0) is 18.4. The molecule has 2 N–H and O–H groups in total. The number of piperidine rings is 1. The molecule has 1 aromatic heterocycles. The second-order valence-corrected chi connectivity index (χ2v) is 7.72. The Morgan fingerprint density at radius 3 is 2.93 bits per heavy atom. The number of pyridine rings is 1. The van der Waals surface area contributed by atoms with Gasteiger partial charge in [0, 0.05) is 42.9 Å². The maximum atomic E-state index is 12.8. The molecule has 5 rings (SSSR count). The van der Waals surface area contributed by atoms with E-state index in [0.29, 0.717) is 37.2 Å². The van der Waals surface area contributed by atoms with Crippen LogP contribution in [0, 0.1) is 5.92 Å². The average Bonchev–Trinajstić information content (AvgIpc) is 3.17. The van der Waals surface area contributed by atoms with Crippen LogP contribution in [0.25, 0.3) is 0 Å². The van der Waals surface area contributed by atoms with Crippen LogP contribution in [0.15, 0.2) is 41.2 Å². The number of hydrogen-bond acceptors (Lipinski definition) is 4. The van der Waals surface area contributed by atoms with E-state index in [1.54, 1.807) is 6.07 Å². The second-order valence-electron chi connectivity index (χ2n) is 7.72. The minimum atomic E-state index is -0.0891. The molecule has 0 unspecified atom stereocenters. The van der Waals surface area contributed by atoms with Crippen molar-refractivity contribution in [2.75, 3.05) is 19.6 Å². The first-order chi connectivity index (χ1) is 13.2. The summed E-state index contributed by atoms with van der Waals surface area (Å²) in [6.07, 6.45) is 1.06. The number of nitrogens with one attached hydrogen (secondary N) is 2. The van der Waals surface area contributed by atoms with Crippen molar-refractivity contribution in [3.8, 4) is 0 Å². The van der Waals surface area contributed by atoms with E-state index in [1.165, 1.54) is 0 Å². The molecule has 0 saturated carbocycles. The number of hydrogen-bond donors (Lipinski definition) is 2. The zero-order valence-electron chi connectivity index (χ0n) is 15.5. The van der Waals surface area contributed by atoms with E-state index in [9.17, 15) is 9.59 Å². The Labute approximate surface area is 169 Å². The number of carbonyl (C=O) groups excluding carboxylic acids is 1. The molecule has 148 valence electrons. The smallest absolute Gasteiger partial charge is 0.251 e. The molecule has 1 amide bonds. The number of halogens is 1. The van der Waals surface area contributed by atoms with Crippen LogP contribution in [0.3, 0.4) is 0 Å². The van der Waals surface area contributed by atoms with Gasteiger partial charge in [-0.2, -0.15) is 0 Å². The molecule has 3 atom stereocenters. The summed E-state index contributed by atoms with van der Waals surface area (Å²) in [5.74, 6) is 0.634. The highest BCUT2D eigenvalue weighted by Crippen LogP contribution is 2.38. The molecule has 7 heteroatoms.